The van der Waals surface area contributed by atoms with Crippen molar-refractivity contribution in [2.24, 2.45) is 17.8 Å². The second-order valence-corrected chi connectivity index (χ2v) is 11.1. The fraction of sp³-hybridized carbons (Fsp3) is 0.577. The van der Waals surface area contributed by atoms with E-state index in [4.69, 9.17) is 9.47 Å². The Morgan fingerprint density at radius 2 is 2.03 bits per heavy atom. The van der Waals surface area contributed by atoms with Gasteiger partial charge in [0.25, 0.3) is 0 Å². The zero-order chi connectivity index (χ0) is 22.0. The smallest absolute Gasteiger partial charge is 0.323 e. The number of carbonyl (C=O) groups is 1. The number of esters is 1. The fourth-order valence-corrected chi connectivity index (χ4v) is 6.68. The Bertz CT molecular complexity index is 1030. The summed E-state index contributed by atoms with van der Waals surface area (Å²) in [7, 11) is 0. The van der Waals surface area contributed by atoms with Gasteiger partial charge in [-0.15, -0.1) is 0 Å². The Kier molecular flexibility index (Phi) is 5.13. The largest absolute Gasteiger partial charge is 0.461 e. The molecule has 1 heterocycles. The molecule has 4 nitrogen and oxygen atoms in total. The van der Waals surface area contributed by atoms with Gasteiger partial charge in [-0.2, -0.15) is 0 Å². The van der Waals surface area contributed by atoms with Crippen LogP contribution in [0.15, 0.2) is 34.8 Å². The summed E-state index contributed by atoms with van der Waals surface area (Å²) in [6, 6.07) is 9.90. The van der Waals surface area contributed by atoms with Crippen molar-refractivity contribution >= 4 is 32.7 Å². The lowest BCUT2D eigenvalue weighted by atomic mass is 9.73. The Balaban J connectivity index is 1.60. The molecule has 5 rings (SSSR count). The third-order valence-electron chi connectivity index (χ3n) is 7.95. The first-order valence-electron chi connectivity index (χ1n) is 11.6. The van der Waals surface area contributed by atoms with E-state index >= 15 is 0 Å². The second-order valence-electron chi connectivity index (χ2n) is 10.2. The Morgan fingerprint density at radius 1 is 1.23 bits per heavy atom. The molecule has 1 N–H and O–H groups in total. The number of rotatable bonds is 3. The van der Waals surface area contributed by atoms with Crippen molar-refractivity contribution in [2.75, 3.05) is 0 Å². The third-order valence-corrected chi connectivity index (χ3v) is 8.44. The molecule has 2 aliphatic carbocycles. The van der Waals surface area contributed by atoms with Crippen LogP contribution in [0.5, 0.6) is 5.75 Å². The molecule has 0 saturated heterocycles. The second kappa shape index (κ2) is 7.48. The van der Waals surface area contributed by atoms with Gasteiger partial charge in [0.2, 0.25) is 5.79 Å². The van der Waals surface area contributed by atoms with Crippen LogP contribution in [-0.4, -0.2) is 23.0 Å². The molecule has 3 aliphatic rings. The van der Waals surface area contributed by atoms with E-state index in [0.29, 0.717) is 36.3 Å². The maximum Gasteiger partial charge on any atom is 0.323 e. The molecule has 5 atom stereocenters. The maximum atomic E-state index is 14.0. The maximum absolute atomic E-state index is 14.0. The normalized spacial score (nSPS) is 34.5. The molecule has 0 aromatic heterocycles. The zero-order valence-corrected chi connectivity index (χ0v) is 20.1. The molecule has 1 aliphatic heterocycles. The monoisotopic (exact) mass is 486 g/mol. The van der Waals surface area contributed by atoms with Crippen LogP contribution in [0.2, 0.25) is 0 Å². The van der Waals surface area contributed by atoms with Gasteiger partial charge in [0.1, 0.15) is 11.9 Å². The number of carbonyl (C=O) groups excluding carboxylic acids is 1. The predicted molar refractivity (Wildman–Crippen MR) is 124 cm³/mol. The van der Waals surface area contributed by atoms with Crippen LogP contribution in [0, 0.1) is 17.8 Å². The first-order chi connectivity index (χ1) is 14.7. The molecule has 2 saturated carbocycles. The first-order valence-corrected chi connectivity index (χ1v) is 12.4. The van der Waals surface area contributed by atoms with Gasteiger partial charge in [0, 0.05) is 16.5 Å². The number of fused-ring (bicyclic) bond motifs is 5. The molecule has 2 fully saturated rings. The molecule has 0 amide bonds. The fourth-order valence-electron chi connectivity index (χ4n) is 6.30. The summed E-state index contributed by atoms with van der Waals surface area (Å²) >= 11 is 3.54. The van der Waals surface area contributed by atoms with Crippen molar-refractivity contribution in [3.05, 3.63) is 40.4 Å². The van der Waals surface area contributed by atoms with Crippen LogP contribution in [0.3, 0.4) is 0 Å². The minimum absolute atomic E-state index is 0.108. The lowest BCUT2D eigenvalue weighted by Crippen LogP contribution is -2.54. The highest BCUT2D eigenvalue weighted by Gasteiger charge is 2.69. The van der Waals surface area contributed by atoms with E-state index in [0.717, 1.165) is 40.1 Å². The lowest BCUT2D eigenvalue weighted by molar-refractivity contribution is -0.195. The van der Waals surface area contributed by atoms with Gasteiger partial charge in [-0.05, 0) is 72.4 Å². The van der Waals surface area contributed by atoms with Crippen LogP contribution in [0.25, 0.3) is 10.8 Å². The topological polar surface area (TPSA) is 55.8 Å². The highest BCUT2D eigenvalue weighted by molar-refractivity contribution is 9.10. The molecule has 2 aromatic carbocycles. The van der Waals surface area contributed by atoms with Crippen LogP contribution in [-0.2, 0) is 14.9 Å². The molecular weight excluding hydrogens is 456 g/mol. The number of benzene rings is 2. The van der Waals surface area contributed by atoms with E-state index in [1.165, 1.54) is 6.42 Å². The van der Waals surface area contributed by atoms with Crippen LogP contribution >= 0.6 is 15.9 Å². The van der Waals surface area contributed by atoms with Crippen LogP contribution in [0.4, 0.5) is 0 Å². The average Bonchev–Trinajstić information content (AvgIpc) is 3.17. The molecule has 0 unspecified atom stereocenters. The van der Waals surface area contributed by atoms with Crippen molar-refractivity contribution in [3.63, 3.8) is 0 Å². The zero-order valence-electron chi connectivity index (χ0n) is 18.5. The van der Waals surface area contributed by atoms with Crippen molar-refractivity contribution in [1.82, 2.24) is 0 Å². The number of hydrogen-bond acceptors (Lipinski definition) is 4. The SMILES string of the molecule is CC(C)[C@@H]1CC[C@@H](C)C[C@H]1OC(=O)[C@]12CCC[C@@]1(O)Oc1ccc3cc(Br)ccc3c12. The minimum Gasteiger partial charge on any atom is -0.461 e. The first kappa shape index (κ1) is 21.3. The summed E-state index contributed by atoms with van der Waals surface area (Å²) in [5.74, 6) is 0.101. The number of ether oxygens (including phenoxy) is 2. The van der Waals surface area contributed by atoms with E-state index < -0.39 is 11.2 Å². The van der Waals surface area contributed by atoms with E-state index in [2.05, 4.69) is 36.7 Å². The highest BCUT2D eigenvalue weighted by Crippen LogP contribution is 2.60. The summed E-state index contributed by atoms with van der Waals surface area (Å²) in [5, 5.41) is 13.6. The number of halogens is 1. The van der Waals surface area contributed by atoms with Crippen molar-refractivity contribution in [2.45, 2.75) is 76.6 Å². The predicted octanol–water partition coefficient (Wildman–Crippen LogP) is 6.11. The van der Waals surface area contributed by atoms with Gasteiger partial charge in [0.05, 0.1) is 0 Å². The van der Waals surface area contributed by atoms with Crippen LogP contribution in [0.1, 0.15) is 64.9 Å². The molecule has 0 radical (unpaired) electrons. The van der Waals surface area contributed by atoms with E-state index in [-0.39, 0.29) is 12.1 Å². The quantitative estimate of drug-likeness (QED) is 0.531. The minimum atomic E-state index is -1.54. The molecule has 5 heteroatoms. The lowest BCUT2D eigenvalue weighted by Gasteiger charge is -2.40. The van der Waals surface area contributed by atoms with Crippen molar-refractivity contribution < 1.29 is 19.4 Å². The van der Waals surface area contributed by atoms with E-state index in [9.17, 15) is 9.90 Å². The summed E-state index contributed by atoms with van der Waals surface area (Å²) in [6.07, 6.45) is 4.74. The van der Waals surface area contributed by atoms with E-state index in [1.807, 2.05) is 30.3 Å². The molecule has 31 heavy (non-hydrogen) atoms. The highest BCUT2D eigenvalue weighted by atomic mass is 79.9. The Morgan fingerprint density at radius 3 is 2.81 bits per heavy atom. The Hall–Kier alpha value is -1.59. The molecule has 0 bridgehead atoms. The van der Waals surface area contributed by atoms with Gasteiger partial charge in [0.15, 0.2) is 5.41 Å². The van der Waals surface area contributed by atoms with Gasteiger partial charge >= 0.3 is 5.97 Å². The van der Waals surface area contributed by atoms with Crippen molar-refractivity contribution in [1.29, 1.82) is 0 Å². The van der Waals surface area contributed by atoms with Crippen molar-refractivity contribution in [3.8, 4) is 5.75 Å². The van der Waals surface area contributed by atoms with E-state index in [1.54, 1.807) is 0 Å². The molecule has 2 aromatic rings. The van der Waals surface area contributed by atoms with Crippen LogP contribution < -0.4 is 4.74 Å². The standard InChI is InChI=1S/C26H31BrO4/c1-15(2)19-8-5-16(3)13-22(19)30-24(28)25-11-4-12-26(25,29)31-21-10-6-17-14-18(27)7-9-20(17)23(21)25/h6-7,9-10,14-16,19,22,29H,4-5,8,11-13H2,1-3H3/t16-,19+,22-,25-,26-/m1/s1. The summed E-state index contributed by atoms with van der Waals surface area (Å²) in [6.45, 7) is 6.66. The number of aliphatic hydroxyl groups is 1. The average molecular weight is 487 g/mol. The summed E-state index contributed by atoms with van der Waals surface area (Å²) < 4.78 is 13.4. The Labute approximate surface area is 192 Å². The van der Waals surface area contributed by atoms with Gasteiger partial charge < -0.3 is 14.6 Å². The van der Waals surface area contributed by atoms with Gasteiger partial charge in [-0.25, -0.2) is 0 Å². The molecular formula is C26H31BrO4. The van der Waals surface area contributed by atoms with Gasteiger partial charge in [-0.3, -0.25) is 4.79 Å². The molecule has 0 spiro atoms. The summed E-state index contributed by atoms with van der Waals surface area (Å²) in [5.41, 5.74) is -0.370. The molecule has 166 valence electrons. The number of hydrogen-bond donors (Lipinski definition) is 1. The van der Waals surface area contributed by atoms with Gasteiger partial charge in [-0.1, -0.05) is 55.3 Å². The summed E-state index contributed by atoms with van der Waals surface area (Å²) in [4.78, 5) is 14.0. The third kappa shape index (κ3) is 3.14.